The fourth-order valence-electron chi connectivity index (χ4n) is 1.78. The molecule has 0 aliphatic heterocycles. The van der Waals surface area contributed by atoms with E-state index in [4.69, 9.17) is 19.9 Å². The predicted octanol–water partition coefficient (Wildman–Crippen LogP) is 3.04. The van der Waals surface area contributed by atoms with Crippen LogP contribution in [0.5, 0.6) is 17.2 Å². The van der Waals surface area contributed by atoms with Crippen molar-refractivity contribution in [1.29, 1.82) is 0 Å². The molecule has 2 rings (SSSR count). The maximum Gasteiger partial charge on any atom is 0.142 e. The number of nitrogen functional groups attached to an aromatic ring is 1. The minimum absolute atomic E-state index is 0.444. The lowest BCUT2D eigenvalue weighted by Gasteiger charge is -2.10. The Morgan fingerprint density at radius 1 is 0.900 bits per heavy atom. The van der Waals surface area contributed by atoms with Crippen molar-refractivity contribution in [2.24, 2.45) is 0 Å². The average molecular weight is 273 g/mol. The van der Waals surface area contributed by atoms with Gasteiger partial charge >= 0.3 is 0 Å². The number of nitrogens with two attached hydrogens (primary N) is 1. The van der Waals surface area contributed by atoms with E-state index in [2.05, 4.69) is 0 Å². The summed E-state index contributed by atoms with van der Waals surface area (Å²) < 4.78 is 16.2. The molecule has 0 bridgehead atoms. The van der Waals surface area contributed by atoms with Gasteiger partial charge in [-0.05, 0) is 48.9 Å². The van der Waals surface area contributed by atoms with E-state index in [-0.39, 0.29) is 0 Å². The zero-order valence-electron chi connectivity index (χ0n) is 11.8. The first-order chi connectivity index (χ1) is 9.69. The summed E-state index contributed by atoms with van der Waals surface area (Å²) in [5, 5.41) is 0. The molecule has 0 radical (unpaired) electrons. The summed E-state index contributed by atoms with van der Waals surface area (Å²) in [6.45, 7) is 2.89. The van der Waals surface area contributed by atoms with Gasteiger partial charge in [-0.3, -0.25) is 0 Å². The molecule has 0 fully saturated rings. The first-order valence-corrected chi connectivity index (χ1v) is 6.45. The van der Waals surface area contributed by atoms with Crippen molar-refractivity contribution in [1.82, 2.24) is 0 Å². The Labute approximate surface area is 119 Å². The molecule has 0 unspecified atom stereocenters. The number of anilines is 1. The summed E-state index contributed by atoms with van der Waals surface area (Å²) in [6, 6.07) is 13.2. The fourth-order valence-corrected chi connectivity index (χ4v) is 1.78. The lowest BCUT2D eigenvalue weighted by Crippen LogP contribution is -2.10. The Hall–Kier alpha value is -2.36. The third-order valence-electron chi connectivity index (χ3n) is 2.83. The zero-order valence-corrected chi connectivity index (χ0v) is 11.8. The van der Waals surface area contributed by atoms with Crippen molar-refractivity contribution in [3.63, 3.8) is 0 Å². The van der Waals surface area contributed by atoms with Crippen molar-refractivity contribution in [3.05, 3.63) is 48.0 Å². The van der Waals surface area contributed by atoms with Crippen molar-refractivity contribution in [2.75, 3.05) is 26.1 Å². The van der Waals surface area contributed by atoms with Crippen LogP contribution in [0, 0.1) is 6.92 Å². The Balaban J connectivity index is 1.78. The topological polar surface area (TPSA) is 53.7 Å². The molecule has 0 heterocycles. The van der Waals surface area contributed by atoms with E-state index in [1.165, 1.54) is 0 Å². The molecule has 4 heteroatoms. The highest BCUT2D eigenvalue weighted by Gasteiger charge is 2.00. The third-order valence-corrected chi connectivity index (χ3v) is 2.83. The highest BCUT2D eigenvalue weighted by Crippen LogP contribution is 2.22. The average Bonchev–Trinajstić information content (AvgIpc) is 2.46. The van der Waals surface area contributed by atoms with E-state index < -0.39 is 0 Å². The van der Waals surface area contributed by atoms with E-state index >= 15 is 0 Å². The molecular weight excluding hydrogens is 254 g/mol. The van der Waals surface area contributed by atoms with Crippen LogP contribution in [0.4, 0.5) is 5.69 Å². The standard InChI is InChI=1S/C16H19NO3/c1-12-3-8-16(15(17)11-12)20-10-9-19-14-6-4-13(18-2)5-7-14/h3-8,11H,9-10,17H2,1-2H3. The molecule has 20 heavy (non-hydrogen) atoms. The Bertz CT molecular complexity index is 552. The van der Waals surface area contributed by atoms with Crippen LogP contribution in [0.25, 0.3) is 0 Å². The second-order valence-electron chi connectivity index (χ2n) is 4.41. The highest BCUT2D eigenvalue weighted by molar-refractivity contribution is 5.53. The summed E-state index contributed by atoms with van der Waals surface area (Å²) in [6.07, 6.45) is 0. The Morgan fingerprint density at radius 3 is 2.20 bits per heavy atom. The summed E-state index contributed by atoms with van der Waals surface area (Å²) in [7, 11) is 1.63. The summed E-state index contributed by atoms with van der Waals surface area (Å²) in [4.78, 5) is 0. The molecule has 0 spiro atoms. The van der Waals surface area contributed by atoms with Gasteiger partial charge in [0.1, 0.15) is 30.5 Å². The molecule has 0 aliphatic rings. The molecule has 0 aliphatic carbocycles. The number of benzene rings is 2. The van der Waals surface area contributed by atoms with Gasteiger partial charge in [-0.15, -0.1) is 0 Å². The normalized spacial score (nSPS) is 10.1. The molecular formula is C16H19NO3. The maximum absolute atomic E-state index is 5.87. The monoisotopic (exact) mass is 273 g/mol. The largest absolute Gasteiger partial charge is 0.497 e. The van der Waals surface area contributed by atoms with Crippen molar-refractivity contribution < 1.29 is 14.2 Å². The van der Waals surface area contributed by atoms with Gasteiger partial charge in [0.05, 0.1) is 12.8 Å². The van der Waals surface area contributed by atoms with Crippen molar-refractivity contribution in [3.8, 4) is 17.2 Å². The fraction of sp³-hybridized carbons (Fsp3) is 0.250. The van der Waals surface area contributed by atoms with Gasteiger partial charge in [-0.1, -0.05) is 6.07 Å². The zero-order chi connectivity index (χ0) is 14.4. The highest BCUT2D eigenvalue weighted by atomic mass is 16.5. The smallest absolute Gasteiger partial charge is 0.142 e. The van der Waals surface area contributed by atoms with Crippen LogP contribution >= 0.6 is 0 Å². The van der Waals surface area contributed by atoms with Gasteiger partial charge in [0.25, 0.3) is 0 Å². The van der Waals surface area contributed by atoms with Gasteiger partial charge in [0.15, 0.2) is 0 Å². The first-order valence-electron chi connectivity index (χ1n) is 6.45. The molecule has 0 saturated heterocycles. The van der Waals surface area contributed by atoms with E-state index in [1.54, 1.807) is 7.11 Å². The molecule has 2 aromatic rings. The molecule has 4 nitrogen and oxygen atoms in total. The lowest BCUT2D eigenvalue weighted by atomic mass is 10.2. The number of aryl methyl sites for hydroxylation is 1. The summed E-state index contributed by atoms with van der Waals surface area (Å²) in [5.41, 5.74) is 7.63. The van der Waals surface area contributed by atoms with E-state index in [9.17, 15) is 0 Å². The summed E-state index contributed by atoms with van der Waals surface area (Å²) >= 11 is 0. The Kier molecular flexibility index (Phi) is 4.71. The predicted molar refractivity (Wildman–Crippen MR) is 79.6 cm³/mol. The number of hydrogen-bond donors (Lipinski definition) is 1. The molecule has 0 atom stereocenters. The van der Waals surface area contributed by atoms with Crippen LogP contribution in [0.1, 0.15) is 5.56 Å². The molecule has 0 aromatic heterocycles. The van der Waals surface area contributed by atoms with Gasteiger partial charge in [0, 0.05) is 0 Å². The van der Waals surface area contributed by atoms with E-state index in [0.29, 0.717) is 24.7 Å². The van der Waals surface area contributed by atoms with Crippen LogP contribution in [0.2, 0.25) is 0 Å². The van der Waals surface area contributed by atoms with Gasteiger partial charge in [-0.25, -0.2) is 0 Å². The van der Waals surface area contributed by atoms with Gasteiger partial charge < -0.3 is 19.9 Å². The quantitative estimate of drug-likeness (QED) is 0.649. The van der Waals surface area contributed by atoms with Crippen LogP contribution < -0.4 is 19.9 Å². The van der Waals surface area contributed by atoms with Crippen LogP contribution in [-0.2, 0) is 0 Å². The molecule has 0 amide bonds. The van der Waals surface area contributed by atoms with Crippen molar-refractivity contribution in [2.45, 2.75) is 6.92 Å². The minimum atomic E-state index is 0.444. The SMILES string of the molecule is COc1ccc(OCCOc2ccc(C)cc2N)cc1. The lowest BCUT2D eigenvalue weighted by molar-refractivity contribution is 0.217. The van der Waals surface area contributed by atoms with Crippen LogP contribution in [-0.4, -0.2) is 20.3 Å². The number of ether oxygens (including phenoxy) is 3. The van der Waals surface area contributed by atoms with Crippen LogP contribution in [0.15, 0.2) is 42.5 Å². The second kappa shape index (κ2) is 6.70. The van der Waals surface area contributed by atoms with Gasteiger partial charge in [0.2, 0.25) is 0 Å². The van der Waals surface area contributed by atoms with E-state index in [1.807, 2.05) is 49.4 Å². The molecule has 0 saturated carbocycles. The number of rotatable bonds is 6. The van der Waals surface area contributed by atoms with Crippen molar-refractivity contribution >= 4 is 5.69 Å². The minimum Gasteiger partial charge on any atom is -0.497 e. The maximum atomic E-state index is 5.87. The molecule has 2 N–H and O–H groups in total. The number of hydrogen-bond acceptors (Lipinski definition) is 4. The summed E-state index contributed by atoms with van der Waals surface area (Å²) in [5.74, 6) is 2.28. The molecule has 106 valence electrons. The first kappa shape index (κ1) is 14.1. The Morgan fingerprint density at radius 2 is 1.55 bits per heavy atom. The number of methoxy groups -OCH3 is 1. The third kappa shape index (κ3) is 3.82. The van der Waals surface area contributed by atoms with Crippen LogP contribution in [0.3, 0.4) is 0 Å². The molecule has 2 aromatic carbocycles. The van der Waals surface area contributed by atoms with Gasteiger partial charge in [-0.2, -0.15) is 0 Å². The second-order valence-corrected chi connectivity index (χ2v) is 4.41. The van der Waals surface area contributed by atoms with E-state index in [0.717, 1.165) is 17.1 Å².